The molecule has 94 valence electrons. The molecule has 0 aromatic heterocycles. The second-order valence-corrected chi connectivity index (χ2v) is 6.93. The number of piperazine rings is 1. The second-order valence-electron chi connectivity index (χ2n) is 6.93. The van der Waals surface area contributed by atoms with Crippen LogP contribution in [0.3, 0.4) is 0 Å². The first-order chi connectivity index (χ1) is 7.43. The van der Waals surface area contributed by atoms with E-state index >= 15 is 0 Å². The van der Waals surface area contributed by atoms with Crippen LogP contribution in [0.2, 0.25) is 0 Å². The molecule has 1 unspecified atom stereocenters. The average molecular weight is 224 g/mol. The lowest BCUT2D eigenvalue weighted by Crippen LogP contribution is -2.64. The summed E-state index contributed by atoms with van der Waals surface area (Å²) in [5, 5.41) is 3.53. The van der Waals surface area contributed by atoms with Crippen LogP contribution in [-0.4, -0.2) is 36.1 Å². The number of nitrogens with one attached hydrogen (secondary N) is 1. The Balaban J connectivity index is 2.15. The molecule has 0 spiro atoms. The smallest absolute Gasteiger partial charge is 0.0281 e. The van der Waals surface area contributed by atoms with Gasteiger partial charge in [-0.25, -0.2) is 0 Å². The lowest BCUT2D eigenvalue weighted by Gasteiger charge is -2.54. The van der Waals surface area contributed by atoms with Gasteiger partial charge in [0.25, 0.3) is 0 Å². The van der Waals surface area contributed by atoms with Gasteiger partial charge in [-0.05, 0) is 32.1 Å². The normalized spacial score (nSPS) is 34.9. The third kappa shape index (κ3) is 2.28. The van der Waals surface area contributed by atoms with Crippen molar-refractivity contribution in [2.24, 2.45) is 5.41 Å². The van der Waals surface area contributed by atoms with Crippen LogP contribution in [0.1, 0.15) is 53.4 Å². The topological polar surface area (TPSA) is 15.3 Å². The van der Waals surface area contributed by atoms with Crippen LogP contribution < -0.4 is 5.32 Å². The van der Waals surface area contributed by atoms with Gasteiger partial charge in [0.05, 0.1) is 0 Å². The summed E-state index contributed by atoms with van der Waals surface area (Å²) in [6, 6.07) is 0.790. The van der Waals surface area contributed by atoms with Crippen molar-refractivity contribution in [3.63, 3.8) is 0 Å². The summed E-state index contributed by atoms with van der Waals surface area (Å²) < 4.78 is 0. The van der Waals surface area contributed by atoms with Crippen molar-refractivity contribution in [3.8, 4) is 0 Å². The zero-order valence-corrected chi connectivity index (χ0v) is 11.5. The third-order valence-corrected chi connectivity index (χ3v) is 4.69. The number of nitrogens with zero attached hydrogens (tertiary/aromatic N) is 1. The van der Waals surface area contributed by atoms with Crippen LogP contribution in [-0.2, 0) is 0 Å². The molecule has 16 heavy (non-hydrogen) atoms. The van der Waals surface area contributed by atoms with Crippen LogP contribution in [0.15, 0.2) is 0 Å². The number of hydrogen-bond donors (Lipinski definition) is 1. The molecule has 2 heteroatoms. The van der Waals surface area contributed by atoms with Crippen LogP contribution in [0, 0.1) is 5.41 Å². The molecule has 0 aromatic rings. The zero-order valence-electron chi connectivity index (χ0n) is 11.5. The van der Waals surface area contributed by atoms with E-state index in [2.05, 4.69) is 37.9 Å². The molecule has 1 aliphatic carbocycles. The van der Waals surface area contributed by atoms with Gasteiger partial charge in [-0.2, -0.15) is 0 Å². The molecule has 0 bridgehead atoms. The van der Waals surface area contributed by atoms with Crippen LogP contribution in [0.25, 0.3) is 0 Å². The third-order valence-electron chi connectivity index (χ3n) is 4.69. The number of rotatable bonds is 1. The second kappa shape index (κ2) is 4.30. The highest BCUT2D eigenvalue weighted by molar-refractivity contribution is 4.98. The molecule has 2 rings (SSSR count). The van der Waals surface area contributed by atoms with Crippen molar-refractivity contribution in [1.29, 1.82) is 0 Å². The molecule has 1 N–H and O–H groups in total. The highest BCUT2D eigenvalue weighted by Crippen LogP contribution is 2.41. The quantitative estimate of drug-likeness (QED) is 0.736. The molecule has 2 aliphatic rings. The summed E-state index contributed by atoms with van der Waals surface area (Å²) >= 11 is 0. The van der Waals surface area contributed by atoms with Crippen molar-refractivity contribution in [3.05, 3.63) is 0 Å². The largest absolute Gasteiger partial charge is 0.314 e. The molecule has 0 aromatic carbocycles. The fraction of sp³-hybridized carbons (Fsp3) is 1.00. The Kier molecular flexibility index (Phi) is 3.33. The summed E-state index contributed by atoms with van der Waals surface area (Å²) in [6.07, 6.45) is 5.65. The highest BCUT2D eigenvalue weighted by Gasteiger charge is 2.42. The fourth-order valence-electron chi connectivity index (χ4n) is 3.63. The minimum Gasteiger partial charge on any atom is -0.314 e. The molecular weight excluding hydrogens is 196 g/mol. The first kappa shape index (κ1) is 12.4. The van der Waals surface area contributed by atoms with Crippen LogP contribution >= 0.6 is 0 Å². The SMILES string of the molecule is CC1(C)CCCCC1N1CCNCC1(C)C. The maximum Gasteiger partial charge on any atom is 0.0281 e. The summed E-state index contributed by atoms with van der Waals surface area (Å²) in [6.45, 7) is 13.2. The maximum absolute atomic E-state index is 3.53. The highest BCUT2D eigenvalue weighted by atomic mass is 15.3. The Morgan fingerprint density at radius 2 is 1.88 bits per heavy atom. The summed E-state index contributed by atoms with van der Waals surface area (Å²) in [4.78, 5) is 2.78. The van der Waals surface area contributed by atoms with E-state index in [0.717, 1.165) is 19.1 Å². The standard InChI is InChI=1S/C14H28N2/c1-13(2)8-6-5-7-12(13)16-10-9-15-11-14(16,3)4/h12,15H,5-11H2,1-4H3. The van der Waals surface area contributed by atoms with E-state index in [1.54, 1.807) is 0 Å². The van der Waals surface area contributed by atoms with E-state index in [1.807, 2.05) is 0 Å². The Morgan fingerprint density at radius 3 is 2.50 bits per heavy atom. The molecule has 2 fully saturated rings. The van der Waals surface area contributed by atoms with Gasteiger partial charge in [-0.15, -0.1) is 0 Å². The van der Waals surface area contributed by atoms with Crippen molar-refractivity contribution in [2.45, 2.75) is 65.0 Å². The van der Waals surface area contributed by atoms with E-state index in [9.17, 15) is 0 Å². The van der Waals surface area contributed by atoms with E-state index in [4.69, 9.17) is 0 Å². The molecule has 0 amide bonds. The van der Waals surface area contributed by atoms with Crippen molar-refractivity contribution < 1.29 is 0 Å². The summed E-state index contributed by atoms with van der Waals surface area (Å²) in [7, 11) is 0. The predicted molar refractivity (Wildman–Crippen MR) is 69.7 cm³/mol. The lowest BCUT2D eigenvalue weighted by molar-refractivity contribution is -0.0298. The van der Waals surface area contributed by atoms with Gasteiger partial charge in [0.2, 0.25) is 0 Å². The first-order valence-corrected chi connectivity index (χ1v) is 6.91. The predicted octanol–water partition coefficient (Wildman–Crippen LogP) is 2.64. The van der Waals surface area contributed by atoms with E-state index in [1.165, 1.54) is 32.2 Å². The van der Waals surface area contributed by atoms with E-state index in [0.29, 0.717) is 11.0 Å². The van der Waals surface area contributed by atoms with Crippen molar-refractivity contribution in [1.82, 2.24) is 10.2 Å². The molecule has 1 aliphatic heterocycles. The Morgan fingerprint density at radius 1 is 1.12 bits per heavy atom. The van der Waals surface area contributed by atoms with E-state index < -0.39 is 0 Å². The first-order valence-electron chi connectivity index (χ1n) is 6.91. The molecule has 1 heterocycles. The lowest BCUT2D eigenvalue weighted by atomic mass is 9.71. The fourth-order valence-corrected chi connectivity index (χ4v) is 3.63. The van der Waals surface area contributed by atoms with Gasteiger partial charge in [0, 0.05) is 31.2 Å². The van der Waals surface area contributed by atoms with Gasteiger partial charge in [-0.1, -0.05) is 26.7 Å². The van der Waals surface area contributed by atoms with Crippen molar-refractivity contribution in [2.75, 3.05) is 19.6 Å². The summed E-state index contributed by atoms with van der Waals surface area (Å²) in [5.74, 6) is 0. The van der Waals surface area contributed by atoms with E-state index in [-0.39, 0.29) is 0 Å². The number of hydrogen-bond acceptors (Lipinski definition) is 2. The molecule has 2 nitrogen and oxygen atoms in total. The van der Waals surface area contributed by atoms with Crippen molar-refractivity contribution >= 4 is 0 Å². The Bertz CT molecular complexity index is 219. The average Bonchev–Trinajstić information content (AvgIpc) is 2.18. The molecule has 1 saturated carbocycles. The molecule has 0 radical (unpaired) electrons. The van der Waals surface area contributed by atoms with Gasteiger partial charge in [-0.3, -0.25) is 4.90 Å². The van der Waals surface area contributed by atoms with Crippen LogP contribution in [0.4, 0.5) is 0 Å². The van der Waals surface area contributed by atoms with Crippen LogP contribution in [0.5, 0.6) is 0 Å². The monoisotopic (exact) mass is 224 g/mol. The minimum atomic E-state index is 0.331. The van der Waals surface area contributed by atoms with Gasteiger partial charge < -0.3 is 5.32 Å². The summed E-state index contributed by atoms with van der Waals surface area (Å²) in [5.41, 5.74) is 0.838. The van der Waals surface area contributed by atoms with Gasteiger partial charge in [0.15, 0.2) is 0 Å². The minimum absolute atomic E-state index is 0.331. The zero-order chi connectivity index (χ0) is 11.8. The Hall–Kier alpha value is -0.0800. The molecule has 1 atom stereocenters. The Labute approximate surface area is 101 Å². The molecular formula is C14H28N2. The van der Waals surface area contributed by atoms with Gasteiger partial charge in [0.1, 0.15) is 0 Å². The maximum atomic E-state index is 3.53. The molecule has 1 saturated heterocycles. The van der Waals surface area contributed by atoms with Gasteiger partial charge >= 0.3 is 0 Å².